The molecule has 0 aliphatic carbocycles. The fourth-order valence-electron chi connectivity index (χ4n) is 3.43. The van der Waals surface area contributed by atoms with E-state index in [0.717, 1.165) is 17.7 Å². The van der Waals surface area contributed by atoms with Gasteiger partial charge in [0, 0.05) is 12.7 Å². The second kappa shape index (κ2) is 9.43. The Hall–Kier alpha value is -3.69. The number of pyridine rings is 1. The minimum atomic E-state index is -1.18. The van der Waals surface area contributed by atoms with Gasteiger partial charge < -0.3 is 20.5 Å². The van der Waals surface area contributed by atoms with Gasteiger partial charge in [0.25, 0.3) is 5.91 Å². The number of carbonyl (C=O) groups excluding carboxylic acids is 1. The summed E-state index contributed by atoms with van der Waals surface area (Å²) in [5.41, 5.74) is 0.687. The first-order valence-corrected chi connectivity index (χ1v) is 10.4. The number of carbonyl (C=O) groups is 2. The van der Waals surface area contributed by atoms with E-state index in [1.807, 2.05) is 6.92 Å². The molecule has 1 unspecified atom stereocenters. The van der Waals surface area contributed by atoms with Crippen molar-refractivity contribution in [2.24, 2.45) is 0 Å². The third-order valence-electron chi connectivity index (χ3n) is 5.47. The topological polar surface area (TPSA) is 105 Å². The molecule has 0 saturated heterocycles. The Balaban J connectivity index is 1.89. The van der Waals surface area contributed by atoms with Crippen LogP contribution in [0.2, 0.25) is 0 Å². The van der Waals surface area contributed by atoms with E-state index >= 15 is 0 Å². The van der Waals surface area contributed by atoms with Crippen LogP contribution in [0.4, 0.5) is 13.6 Å². The molecule has 0 saturated carbocycles. The number of amides is 2. The van der Waals surface area contributed by atoms with Crippen molar-refractivity contribution in [1.82, 2.24) is 20.0 Å². The van der Waals surface area contributed by atoms with E-state index in [9.17, 15) is 18.4 Å². The molecule has 0 aliphatic heterocycles. The van der Waals surface area contributed by atoms with E-state index < -0.39 is 29.2 Å². The Labute approximate surface area is 189 Å². The maximum atomic E-state index is 14.0. The highest BCUT2D eigenvalue weighted by Gasteiger charge is 2.27. The second-order valence-corrected chi connectivity index (χ2v) is 8.14. The number of nitrogens with one attached hydrogen (secondary N) is 2. The fourth-order valence-corrected chi connectivity index (χ4v) is 3.43. The first-order valence-electron chi connectivity index (χ1n) is 10.4. The summed E-state index contributed by atoms with van der Waals surface area (Å²) < 4.78 is 35.2. The van der Waals surface area contributed by atoms with Crippen LogP contribution in [-0.2, 0) is 6.61 Å². The standard InChI is InChI=1S/C23H26F2N4O4/c1-5-23(4,28-22(31)32)12-26-21(30)19-14(3)27-20-18(9-13(2)10-29(19)20)33-11-15-16(24)7-6-8-17(15)25/h6-10,28H,5,11-12H2,1-4H3,(H,26,30)(H,31,32). The largest absolute Gasteiger partial charge is 0.485 e. The van der Waals surface area contributed by atoms with Gasteiger partial charge >= 0.3 is 6.09 Å². The van der Waals surface area contributed by atoms with Gasteiger partial charge in [-0.25, -0.2) is 18.6 Å². The molecule has 1 atom stereocenters. The average molecular weight is 460 g/mol. The van der Waals surface area contributed by atoms with Crippen molar-refractivity contribution < 1.29 is 28.2 Å². The molecule has 0 fully saturated rings. The number of nitrogens with zero attached hydrogens (tertiary/aromatic N) is 2. The van der Waals surface area contributed by atoms with E-state index in [0.29, 0.717) is 17.8 Å². The molecule has 8 nitrogen and oxygen atoms in total. The number of hydrogen-bond donors (Lipinski definition) is 3. The van der Waals surface area contributed by atoms with E-state index in [2.05, 4.69) is 15.6 Å². The summed E-state index contributed by atoms with van der Waals surface area (Å²) in [5.74, 6) is -1.60. The zero-order valence-corrected chi connectivity index (χ0v) is 18.8. The fraction of sp³-hybridized carbons (Fsp3) is 0.348. The minimum absolute atomic E-state index is 0.0725. The molecule has 0 aliphatic rings. The van der Waals surface area contributed by atoms with Gasteiger partial charge in [-0.05, 0) is 51.0 Å². The van der Waals surface area contributed by atoms with Gasteiger partial charge in [0.05, 0.1) is 16.8 Å². The zero-order valence-electron chi connectivity index (χ0n) is 18.8. The van der Waals surface area contributed by atoms with Crippen molar-refractivity contribution in [2.75, 3.05) is 6.54 Å². The first-order chi connectivity index (χ1) is 15.5. The van der Waals surface area contributed by atoms with Crippen LogP contribution in [0.1, 0.15) is 47.6 Å². The molecule has 2 amide bonds. The van der Waals surface area contributed by atoms with E-state index in [1.54, 1.807) is 37.4 Å². The number of carboxylic acid groups (broad SMARTS) is 1. The smallest absolute Gasteiger partial charge is 0.405 e. The molecule has 33 heavy (non-hydrogen) atoms. The molecule has 10 heteroatoms. The SMILES string of the molecule is CCC(C)(CNC(=O)c1c(C)nc2c(OCc3c(F)cccc3F)cc(C)cn12)NC(=O)O. The average Bonchev–Trinajstić information content (AvgIpc) is 3.07. The van der Waals surface area contributed by atoms with Gasteiger partial charge in [-0.2, -0.15) is 0 Å². The number of ether oxygens (including phenoxy) is 1. The summed E-state index contributed by atoms with van der Waals surface area (Å²) in [6.07, 6.45) is 0.994. The Bertz CT molecular complexity index is 1190. The van der Waals surface area contributed by atoms with Crippen LogP contribution >= 0.6 is 0 Å². The van der Waals surface area contributed by atoms with E-state index in [-0.39, 0.29) is 30.2 Å². The minimum Gasteiger partial charge on any atom is -0.485 e. The lowest BCUT2D eigenvalue weighted by atomic mass is 9.99. The van der Waals surface area contributed by atoms with Crippen LogP contribution in [0.25, 0.3) is 5.65 Å². The molecule has 0 bridgehead atoms. The van der Waals surface area contributed by atoms with Crippen LogP contribution in [0, 0.1) is 25.5 Å². The molecular weight excluding hydrogens is 434 g/mol. The Morgan fingerprint density at radius 2 is 1.91 bits per heavy atom. The maximum Gasteiger partial charge on any atom is 0.405 e. The molecule has 2 aromatic heterocycles. The van der Waals surface area contributed by atoms with Crippen molar-refractivity contribution in [3.05, 3.63) is 64.6 Å². The van der Waals surface area contributed by atoms with Gasteiger partial charge in [0.1, 0.15) is 23.9 Å². The van der Waals surface area contributed by atoms with Crippen LogP contribution in [0.5, 0.6) is 5.75 Å². The summed E-state index contributed by atoms with van der Waals surface area (Å²) in [6, 6.07) is 5.25. The van der Waals surface area contributed by atoms with Gasteiger partial charge in [-0.15, -0.1) is 0 Å². The zero-order chi connectivity index (χ0) is 24.3. The normalized spacial score (nSPS) is 12.9. The van der Waals surface area contributed by atoms with Crippen LogP contribution < -0.4 is 15.4 Å². The highest BCUT2D eigenvalue weighted by atomic mass is 19.1. The number of fused-ring (bicyclic) bond motifs is 1. The van der Waals surface area contributed by atoms with Crippen molar-refractivity contribution in [3.63, 3.8) is 0 Å². The monoisotopic (exact) mass is 460 g/mol. The third kappa shape index (κ3) is 5.21. The highest BCUT2D eigenvalue weighted by Crippen LogP contribution is 2.26. The Kier molecular flexibility index (Phi) is 6.85. The van der Waals surface area contributed by atoms with E-state index in [1.165, 1.54) is 6.07 Å². The first kappa shape index (κ1) is 24.0. The quantitative estimate of drug-likeness (QED) is 0.472. The third-order valence-corrected chi connectivity index (χ3v) is 5.47. The number of halogens is 2. The van der Waals surface area contributed by atoms with Crippen molar-refractivity contribution in [3.8, 4) is 5.75 Å². The second-order valence-electron chi connectivity index (χ2n) is 8.14. The lowest BCUT2D eigenvalue weighted by Gasteiger charge is -2.28. The lowest BCUT2D eigenvalue weighted by molar-refractivity contribution is 0.0930. The van der Waals surface area contributed by atoms with Crippen LogP contribution in [-0.4, -0.2) is 38.6 Å². The van der Waals surface area contributed by atoms with Crippen molar-refractivity contribution in [2.45, 2.75) is 46.3 Å². The Morgan fingerprint density at radius 3 is 2.52 bits per heavy atom. The number of benzene rings is 1. The highest BCUT2D eigenvalue weighted by molar-refractivity contribution is 5.95. The molecule has 2 heterocycles. The maximum absolute atomic E-state index is 14.0. The molecule has 3 rings (SSSR count). The predicted molar refractivity (Wildman–Crippen MR) is 118 cm³/mol. The van der Waals surface area contributed by atoms with Crippen LogP contribution in [0.3, 0.4) is 0 Å². The van der Waals surface area contributed by atoms with Gasteiger partial charge in [-0.3, -0.25) is 9.20 Å². The summed E-state index contributed by atoms with van der Waals surface area (Å²) in [5, 5.41) is 14.2. The molecule has 1 aromatic carbocycles. The van der Waals surface area contributed by atoms with Crippen molar-refractivity contribution >= 4 is 17.6 Å². The number of aromatic nitrogens is 2. The van der Waals surface area contributed by atoms with Gasteiger partial charge in [-0.1, -0.05) is 13.0 Å². The Morgan fingerprint density at radius 1 is 1.24 bits per heavy atom. The summed E-state index contributed by atoms with van der Waals surface area (Å²) in [4.78, 5) is 28.5. The van der Waals surface area contributed by atoms with Crippen LogP contribution in [0.15, 0.2) is 30.5 Å². The molecule has 3 N–H and O–H groups in total. The van der Waals surface area contributed by atoms with Gasteiger partial charge in [0.2, 0.25) is 0 Å². The number of rotatable bonds is 8. The predicted octanol–water partition coefficient (Wildman–Crippen LogP) is 3.97. The number of aryl methyl sites for hydroxylation is 2. The molecule has 0 spiro atoms. The van der Waals surface area contributed by atoms with Gasteiger partial charge in [0.15, 0.2) is 11.4 Å². The molecule has 0 radical (unpaired) electrons. The number of imidazole rings is 1. The lowest BCUT2D eigenvalue weighted by Crippen LogP contribution is -2.52. The summed E-state index contributed by atoms with van der Waals surface area (Å²) in [7, 11) is 0. The summed E-state index contributed by atoms with van der Waals surface area (Å²) >= 11 is 0. The number of hydrogen-bond acceptors (Lipinski definition) is 4. The molecule has 3 aromatic rings. The molecule has 176 valence electrons. The molecular formula is C23H26F2N4O4. The summed E-state index contributed by atoms with van der Waals surface area (Å²) in [6.45, 7) is 6.68. The van der Waals surface area contributed by atoms with E-state index in [4.69, 9.17) is 9.84 Å². The van der Waals surface area contributed by atoms with Crippen molar-refractivity contribution in [1.29, 1.82) is 0 Å².